The van der Waals surface area contributed by atoms with Gasteiger partial charge in [0, 0.05) is 5.69 Å². The van der Waals surface area contributed by atoms with Crippen molar-refractivity contribution in [2.75, 3.05) is 18.9 Å². The number of anilines is 1. The largest absolute Gasteiger partial charge is 0.491 e. The highest BCUT2D eigenvalue weighted by molar-refractivity contribution is 5.41. The number of nitrogens with two attached hydrogens (primary N) is 1. The predicted molar refractivity (Wildman–Crippen MR) is 85.3 cm³/mol. The summed E-state index contributed by atoms with van der Waals surface area (Å²) in [6.07, 6.45) is 4.27. The molecule has 0 heterocycles. The molecule has 0 radical (unpaired) electrons. The zero-order valence-corrected chi connectivity index (χ0v) is 13.4. The number of hydrogen-bond donors (Lipinski definition) is 1. The van der Waals surface area contributed by atoms with Crippen LogP contribution in [0.5, 0.6) is 5.75 Å². The van der Waals surface area contributed by atoms with Gasteiger partial charge in [0.2, 0.25) is 0 Å². The first-order chi connectivity index (χ1) is 9.93. The van der Waals surface area contributed by atoms with Crippen molar-refractivity contribution in [3.05, 3.63) is 24.3 Å². The van der Waals surface area contributed by atoms with Crippen LogP contribution in [0.15, 0.2) is 24.3 Å². The van der Waals surface area contributed by atoms with Gasteiger partial charge in [0.15, 0.2) is 0 Å². The molecule has 2 N–H and O–H groups in total. The number of hydrogen-bond acceptors (Lipinski definition) is 3. The first-order valence-electron chi connectivity index (χ1n) is 8.03. The van der Waals surface area contributed by atoms with Crippen molar-refractivity contribution in [1.29, 1.82) is 0 Å². The lowest BCUT2D eigenvalue weighted by molar-refractivity contribution is -0.0540. The van der Waals surface area contributed by atoms with Gasteiger partial charge in [-0.2, -0.15) is 0 Å². The second-order valence-electron chi connectivity index (χ2n) is 7.39. The van der Waals surface area contributed by atoms with Crippen LogP contribution in [0.3, 0.4) is 0 Å². The molecular weight excluding hydrogens is 262 g/mol. The molecule has 21 heavy (non-hydrogen) atoms. The van der Waals surface area contributed by atoms with Crippen LogP contribution in [-0.2, 0) is 4.74 Å². The van der Waals surface area contributed by atoms with Crippen LogP contribution in [0.2, 0.25) is 0 Å². The zero-order chi connectivity index (χ0) is 15.1. The molecule has 2 saturated carbocycles. The van der Waals surface area contributed by atoms with E-state index in [-0.39, 0.29) is 0 Å². The fourth-order valence-electron chi connectivity index (χ4n) is 4.30. The van der Waals surface area contributed by atoms with E-state index in [9.17, 15) is 0 Å². The van der Waals surface area contributed by atoms with Gasteiger partial charge < -0.3 is 15.2 Å². The van der Waals surface area contributed by atoms with Crippen molar-refractivity contribution in [2.24, 2.45) is 16.7 Å². The molecular formula is C18H27NO2. The molecule has 0 aliphatic heterocycles. The van der Waals surface area contributed by atoms with Crippen LogP contribution < -0.4 is 10.5 Å². The smallest absolute Gasteiger partial charge is 0.119 e. The lowest BCUT2D eigenvalue weighted by Gasteiger charge is -2.38. The van der Waals surface area contributed by atoms with E-state index in [0.29, 0.717) is 30.1 Å². The second-order valence-corrected chi connectivity index (χ2v) is 7.39. The maximum absolute atomic E-state index is 6.17. The summed E-state index contributed by atoms with van der Waals surface area (Å²) in [4.78, 5) is 0. The quantitative estimate of drug-likeness (QED) is 0.661. The molecule has 3 nitrogen and oxygen atoms in total. The van der Waals surface area contributed by atoms with Crippen LogP contribution in [0.1, 0.15) is 40.0 Å². The summed E-state index contributed by atoms with van der Waals surface area (Å²) >= 11 is 0. The van der Waals surface area contributed by atoms with E-state index >= 15 is 0 Å². The molecule has 0 amide bonds. The van der Waals surface area contributed by atoms with Crippen molar-refractivity contribution in [2.45, 2.75) is 46.1 Å². The van der Waals surface area contributed by atoms with E-state index in [1.807, 2.05) is 24.3 Å². The van der Waals surface area contributed by atoms with E-state index in [4.69, 9.17) is 15.2 Å². The SMILES string of the molecule is CC1(C)C2CCC1(C)C(OCCOc1ccc(N)cc1)C2. The van der Waals surface area contributed by atoms with Gasteiger partial charge in [-0.15, -0.1) is 0 Å². The Morgan fingerprint density at radius 2 is 1.86 bits per heavy atom. The molecule has 3 heteroatoms. The third kappa shape index (κ3) is 2.42. The Balaban J connectivity index is 1.48. The molecule has 0 aromatic heterocycles. The van der Waals surface area contributed by atoms with Crippen molar-refractivity contribution < 1.29 is 9.47 Å². The summed E-state index contributed by atoms with van der Waals surface area (Å²) in [5.41, 5.74) is 7.16. The van der Waals surface area contributed by atoms with Gasteiger partial charge in [-0.25, -0.2) is 0 Å². The van der Waals surface area contributed by atoms with E-state index in [1.54, 1.807) is 0 Å². The Bertz CT molecular complexity index is 496. The van der Waals surface area contributed by atoms with Gasteiger partial charge in [0.05, 0.1) is 12.7 Å². The van der Waals surface area contributed by atoms with Crippen LogP contribution >= 0.6 is 0 Å². The van der Waals surface area contributed by atoms with E-state index in [2.05, 4.69) is 20.8 Å². The third-order valence-corrected chi connectivity index (χ3v) is 6.27. The number of rotatable bonds is 5. The number of ether oxygens (including phenoxy) is 2. The number of fused-ring (bicyclic) bond motifs is 2. The average molecular weight is 289 g/mol. The van der Waals surface area contributed by atoms with Crippen molar-refractivity contribution in [1.82, 2.24) is 0 Å². The summed E-state index contributed by atoms with van der Waals surface area (Å²) < 4.78 is 11.9. The van der Waals surface area contributed by atoms with Gasteiger partial charge in [0.25, 0.3) is 0 Å². The minimum absolute atomic E-state index is 0.332. The third-order valence-electron chi connectivity index (χ3n) is 6.27. The van der Waals surface area contributed by atoms with Gasteiger partial charge in [-0.05, 0) is 60.3 Å². The Hall–Kier alpha value is -1.22. The standard InChI is InChI=1S/C18H27NO2/c1-17(2)13-8-9-18(17,3)16(12-13)21-11-10-20-15-6-4-14(19)5-7-15/h4-7,13,16H,8-12,19H2,1-3H3. The molecule has 0 spiro atoms. The molecule has 3 atom stereocenters. The lowest BCUT2D eigenvalue weighted by atomic mass is 9.70. The highest BCUT2D eigenvalue weighted by Crippen LogP contribution is 2.66. The highest BCUT2D eigenvalue weighted by Gasteiger charge is 2.61. The molecule has 1 aromatic carbocycles. The summed E-state index contributed by atoms with van der Waals surface area (Å²) in [6, 6.07) is 7.51. The van der Waals surface area contributed by atoms with Crippen LogP contribution in [0.25, 0.3) is 0 Å². The fraction of sp³-hybridized carbons (Fsp3) is 0.667. The normalized spacial score (nSPS) is 33.3. The van der Waals surface area contributed by atoms with Crippen LogP contribution in [0.4, 0.5) is 5.69 Å². The van der Waals surface area contributed by atoms with Gasteiger partial charge in [-0.1, -0.05) is 20.8 Å². The Labute approximate surface area is 127 Å². The number of benzene rings is 1. The highest BCUT2D eigenvalue weighted by atomic mass is 16.5. The first-order valence-corrected chi connectivity index (χ1v) is 8.03. The predicted octanol–water partition coefficient (Wildman–Crippen LogP) is 3.88. The van der Waals surface area contributed by atoms with E-state index < -0.39 is 0 Å². The minimum Gasteiger partial charge on any atom is -0.491 e. The van der Waals surface area contributed by atoms with Gasteiger partial charge in [-0.3, -0.25) is 0 Å². The Morgan fingerprint density at radius 1 is 1.14 bits per heavy atom. The molecule has 1 aromatic rings. The fourth-order valence-corrected chi connectivity index (χ4v) is 4.30. The van der Waals surface area contributed by atoms with E-state index in [0.717, 1.165) is 17.4 Å². The topological polar surface area (TPSA) is 44.5 Å². The molecule has 3 rings (SSSR count). The van der Waals surface area contributed by atoms with Crippen molar-refractivity contribution in [3.8, 4) is 5.75 Å². The second kappa shape index (κ2) is 5.20. The van der Waals surface area contributed by atoms with Crippen LogP contribution in [-0.4, -0.2) is 19.3 Å². The lowest BCUT2D eigenvalue weighted by Crippen LogP contribution is -2.37. The van der Waals surface area contributed by atoms with E-state index in [1.165, 1.54) is 19.3 Å². The van der Waals surface area contributed by atoms with Crippen LogP contribution in [0, 0.1) is 16.7 Å². The van der Waals surface area contributed by atoms with Gasteiger partial charge in [0.1, 0.15) is 12.4 Å². The maximum Gasteiger partial charge on any atom is 0.119 e. The number of nitrogen functional groups attached to an aromatic ring is 1. The molecule has 0 saturated heterocycles. The van der Waals surface area contributed by atoms with Gasteiger partial charge >= 0.3 is 0 Å². The zero-order valence-electron chi connectivity index (χ0n) is 13.4. The Morgan fingerprint density at radius 3 is 2.43 bits per heavy atom. The van der Waals surface area contributed by atoms with Crippen molar-refractivity contribution >= 4 is 5.69 Å². The molecule has 2 fully saturated rings. The average Bonchev–Trinajstić information content (AvgIpc) is 2.78. The molecule has 2 aliphatic carbocycles. The maximum atomic E-state index is 6.17. The molecule has 116 valence electrons. The monoisotopic (exact) mass is 289 g/mol. The summed E-state index contributed by atoms with van der Waals surface area (Å²) in [5, 5.41) is 0. The summed E-state index contributed by atoms with van der Waals surface area (Å²) in [6.45, 7) is 8.50. The minimum atomic E-state index is 0.332. The molecule has 2 bridgehead atoms. The first kappa shape index (κ1) is 14.7. The molecule has 3 unspecified atom stereocenters. The summed E-state index contributed by atoms with van der Waals surface area (Å²) in [5.74, 6) is 1.68. The Kier molecular flexibility index (Phi) is 3.64. The summed E-state index contributed by atoms with van der Waals surface area (Å²) in [7, 11) is 0. The van der Waals surface area contributed by atoms with Crippen molar-refractivity contribution in [3.63, 3.8) is 0 Å². The molecule has 2 aliphatic rings.